The van der Waals surface area contributed by atoms with E-state index in [1.165, 1.54) is 12.1 Å². The summed E-state index contributed by atoms with van der Waals surface area (Å²) in [5.74, 6) is -1.08. The average molecular weight is 360 g/mol. The van der Waals surface area contributed by atoms with E-state index in [0.29, 0.717) is 5.57 Å². The number of pyridine rings is 1. The van der Waals surface area contributed by atoms with E-state index >= 15 is 0 Å². The van der Waals surface area contributed by atoms with Gasteiger partial charge in [0.15, 0.2) is 5.76 Å². The van der Waals surface area contributed by atoms with Gasteiger partial charge in [0.1, 0.15) is 5.82 Å². The van der Waals surface area contributed by atoms with Crippen LogP contribution < -0.4 is 0 Å². The maximum Gasteiger partial charge on any atom is 0.290 e. The predicted molar refractivity (Wildman–Crippen MR) is 99.9 cm³/mol. The lowest BCUT2D eigenvalue weighted by Crippen LogP contribution is -2.29. The molecule has 5 heteroatoms. The lowest BCUT2D eigenvalue weighted by Gasteiger charge is -2.27. The number of rotatable bonds is 4. The monoisotopic (exact) mass is 360 g/mol. The first-order chi connectivity index (χ1) is 13.1. The van der Waals surface area contributed by atoms with Crippen molar-refractivity contribution in [3.8, 4) is 0 Å². The maximum absolute atomic E-state index is 13.4. The molecule has 0 saturated carbocycles. The quantitative estimate of drug-likeness (QED) is 0.756. The summed E-state index contributed by atoms with van der Waals surface area (Å²) in [6.45, 7) is 0.287. The van der Waals surface area contributed by atoms with Crippen molar-refractivity contribution in [2.75, 3.05) is 0 Å². The molecule has 1 amide bonds. The number of carbonyl (C=O) groups is 1. The van der Waals surface area contributed by atoms with Crippen LogP contribution >= 0.6 is 0 Å². The molecule has 0 aliphatic carbocycles. The Bertz CT molecular complexity index is 986. The van der Waals surface area contributed by atoms with Gasteiger partial charge in [-0.1, -0.05) is 48.5 Å². The number of amides is 1. The number of benzene rings is 2. The lowest BCUT2D eigenvalue weighted by atomic mass is 9.93. The largest absolute Gasteiger partial charge is 0.503 e. The number of aromatic nitrogens is 1. The van der Waals surface area contributed by atoms with Gasteiger partial charge >= 0.3 is 0 Å². The smallest absolute Gasteiger partial charge is 0.290 e. The van der Waals surface area contributed by atoms with Gasteiger partial charge in [-0.25, -0.2) is 4.39 Å². The van der Waals surface area contributed by atoms with Crippen molar-refractivity contribution in [3.05, 3.63) is 107 Å². The molecule has 1 unspecified atom stereocenters. The molecule has 0 radical (unpaired) electrons. The van der Waals surface area contributed by atoms with Gasteiger partial charge in [-0.05, 0) is 34.9 Å². The second-order valence-electron chi connectivity index (χ2n) is 6.38. The molecule has 1 atom stereocenters. The van der Waals surface area contributed by atoms with Crippen LogP contribution in [0.25, 0.3) is 5.57 Å². The zero-order chi connectivity index (χ0) is 18.8. The van der Waals surface area contributed by atoms with Crippen molar-refractivity contribution in [3.63, 3.8) is 0 Å². The van der Waals surface area contributed by atoms with Gasteiger partial charge in [0, 0.05) is 24.5 Å². The van der Waals surface area contributed by atoms with E-state index in [-0.39, 0.29) is 18.1 Å². The minimum Gasteiger partial charge on any atom is -0.503 e. The van der Waals surface area contributed by atoms with E-state index in [9.17, 15) is 14.3 Å². The van der Waals surface area contributed by atoms with Crippen LogP contribution in [0.5, 0.6) is 0 Å². The summed E-state index contributed by atoms with van der Waals surface area (Å²) in [6, 6.07) is 18.5. The van der Waals surface area contributed by atoms with Gasteiger partial charge in [-0.2, -0.15) is 0 Å². The second kappa shape index (κ2) is 7.03. The molecule has 27 heavy (non-hydrogen) atoms. The van der Waals surface area contributed by atoms with Gasteiger partial charge < -0.3 is 10.0 Å². The summed E-state index contributed by atoms with van der Waals surface area (Å²) in [5, 5.41) is 10.6. The van der Waals surface area contributed by atoms with Crippen molar-refractivity contribution in [2.45, 2.75) is 12.6 Å². The minimum atomic E-state index is -0.513. The molecular formula is C22H17FN2O2. The highest BCUT2D eigenvalue weighted by Crippen LogP contribution is 2.43. The number of halogens is 1. The fourth-order valence-electron chi connectivity index (χ4n) is 3.41. The SMILES string of the molecule is O=C1C(O)=C(c2ccccc2)C(c2ccc(F)cc2)N1Cc1cccnc1. The van der Waals surface area contributed by atoms with Gasteiger partial charge in [0.2, 0.25) is 0 Å². The molecule has 2 heterocycles. The van der Waals surface area contributed by atoms with E-state index in [1.54, 1.807) is 35.5 Å². The maximum atomic E-state index is 13.4. The van der Waals surface area contributed by atoms with Crippen LogP contribution in [-0.4, -0.2) is 20.9 Å². The van der Waals surface area contributed by atoms with Crippen molar-refractivity contribution in [1.29, 1.82) is 0 Å². The molecule has 1 aliphatic heterocycles. The Labute approximate surface area is 156 Å². The minimum absolute atomic E-state index is 0.278. The van der Waals surface area contributed by atoms with E-state index in [0.717, 1.165) is 16.7 Å². The highest BCUT2D eigenvalue weighted by molar-refractivity contribution is 6.05. The summed E-state index contributed by atoms with van der Waals surface area (Å²) in [5.41, 5.74) is 2.86. The third-order valence-corrected chi connectivity index (χ3v) is 4.65. The molecule has 0 bridgehead atoms. The van der Waals surface area contributed by atoms with Crippen molar-refractivity contribution in [1.82, 2.24) is 9.88 Å². The first-order valence-electron chi connectivity index (χ1n) is 8.59. The van der Waals surface area contributed by atoms with Gasteiger partial charge in [-0.15, -0.1) is 0 Å². The number of aliphatic hydroxyl groups is 1. The molecule has 0 fully saturated rings. The molecule has 4 rings (SSSR count). The van der Waals surface area contributed by atoms with Crippen LogP contribution in [-0.2, 0) is 11.3 Å². The molecule has 1 aliphatic rings. The Morgan fingerprint density at radius 3 is 2.41 bits per heavy atom. The molecule has 134 valence electrons. The predicted octanol–water partition coefficient (Wildman–Crippen LogP) is 4.27. The van der Waals surface area contributed by atoms with E-state index in [2.05, 4.69) is 4.98 Å². The van der Waals surface area contributed by atoms with Crippen LogP contribution in [0, 0.1) is 5.82 Å². The summed E-state index contributed by atoms with van der Waals surface area (Å²) in [4.78, 5) is 18.5. The molecule has 0 saturated heterocycles. The van der Waals surface area contributed by atoms with Crippen LogP contribution in [0.2, 0.25) is 0 Å². The Balaban J connectivity index is 1.81. The first kappa shape index (κ1) is 17.0. The zero-order valence-electron chi connectivity index (χ0n) is 14.4. The third kappa shape index (κ3) is 3.19. The fraction of sp³-hybridized carbons (Fsp3) is 0.0909. The van der Waals surface area contributed by atoms with Crippen LogP contribution in [0.15, 0.2) is 84.9 Å². The number of carbonyl (C=O) groups excluding carboxylic acids is 1. The Morgan fingerprint density at radius 2 is 1.74 bits per heavy atom. The topological polar surface area (TPSA) is 53.4 Å². The van der Waals surface area contributed by atoms with Crippen molar-refractivity contribution < 1.29 is 14.3 Å². The number of nitrogens with zero attached hydrogens (tertiary/aromatic N) is 2. The molecule has 1 N–H and O–H groups in total. The Kier molecular flexibility index (Phi) is 4.42. The number of hydrogen-bond acceptors (Lipinski definition) is 3. The molecule has 4 nitrogen and oxygen atoms in total. The molecule has 2 aromatic carbocycles. The summed E-state index contributed by atoms with van der Waals surface area (Å²) in [7, 11) is 0. The summed E-state index contributed by atoms with van der Waals surface area (Å²) >= 11 is 0. The standard InChI is InChI=1S/C22H17FN2O2/c23-18-10-8-17(9-11-18)20-19(16-6-2-1-3-7-16)21(26)22(27)25(20)14-15-5-4-12-24-13-15/h1-13,20,26H,14H2. The molecule has 3 aromatic rings. The van der Waals surface area contributed by atoms with Gasteiger partial charge in [0.05, 0.1) is 6.04 Å². The first-order valence-corrected chi connectivity index (χ1v) is 8.59. The highest BCUT2D eigenvalue weighted by Gasteiger charge is 2.40. The normalized spacial score (nSPS) is 16.9. The number of aliphatic hydroxyl groups excluding tert-OH is 1. The van der Waals surface area contributed by atoms with Crippen LogP contribution in [0.4, 0.5) is 4.39 Å². The fourth-order valence-corrected chi connectivity index (χ4v) is 3.41. The molecule has 0 spiro atoms. The summed E-state index contributed by atoms with van der Waals surface area (Å²) in [6.07, 6.45) is 3.35. The number of hydrogen-bond donors (Lipinski definition) is 1. The van der Waals surface area contributed by atoms with Gasteiger partial charge in [-0.3, -0.25) is 9.78 Å². The Morgan fingerprint density at radius 1 is 1.00 bits per heavy atom. The Hall–Kier alpha value is -3.47. The van der Waals surface area contributed by atoms with E-state index in [4.69, 9.17) is 0 Å². The third-order valence-electron chi connectivity index (χ3n) is 4.65. The lowest BCUT2D eigenvalue weighted by molar-refractivity contribution is -0.130. The van der Waals surface area contributed by atoms with Crippen LogP contribution in [0.3, 0.4) is 0 Å². The zero-order valence-corrected chi connectivity index (χ0v) is 14.4. The second-order valence-corrected chi connectivity index (χ2v) is 6.38. The molecule has 1 aromatic heterocycles. The average Bonchev–Trinajstić information content (AvgIpc) is 2.95. The van der Waals surface area contributed by atoms with Crippen LogP contribution in [0.1, 0.15) is 22.7 Å². The van der Waals surface area contributed by atoms with E-state index < -0.39 is 11.9 Å². The molecular weight excluding hydrogens is 343 g/mol. The van der Waals surface area contributed by atoms with Gasteiger partial charge in [0.25, 0.3) is 5.91 Å². The van der Waals surface area contributed by atoms with E-state index in [1.807, 2.05) is 36.4 Å². The van der Waals surface area contributed by atoms with Crippen molar-refractivity contribution >= 4 is 11.5 Å². The highest BCUT2D eigenvalue weighted by atomic mass is 19.1. The summed E-state index contributed by atoms with van der Waals surface area (Å²) < 4.78 is 13.4. The van der Waals surface area contributed by atoms with Crippen molar-refractivity contribution in [2.24, 2.45) is 0 Å².